The summed E-state index contributed by atoms with van der Waals surface area (Å²) in [6.45, 7) is 0.576. The van der Waals surface area contributed by atoms with Gasteiger partial charge in [0.05, 0.1) is 11.4 Å². The Kier molecular flexibility index (Phi) is 7.74. The number of fused-ring (bicyclic) bond motifs is 1. The number of carbonyl (C=O) groups is 4. The number of hydrogen-bond acceptors (Lipinski definition) is 8. The van der Waals surface area contributed by atoms with E-state index in [0.29, 0.717) is 50.3 Å². The average molecular weight is 590 g/mol. The van der Waals surface area contributed by atoms with Gasteiger partial charge in [0.25, 0.3) is 5.91 Å². The fourth-order valence-electron chi connectivity index (χ4n) is 4.17. The Hall–Kier alpha value is -3.67. The van der Waals surface area contributed by atoms with Crippen molar-refractivity contribution < 1.29 is 33.2 Å². The first-order valence-electron chi connectivity index (χ1n) is 11.7. The molecule has 2 aromatic carbocycles. The number of imide groups is 1. The van der Waals surface area contributed by atoms with Crippen LogP contribution in [0.2, 0.25) is 10.0 Å². The van der Waals surface area contributed by atoms with Gasteiger partial charge in [0, 0.05) is 35.6 Å². The van der Waals surface area contributed by atoms with Crippen molar-refractivity contribution in [2.75, 3.05) is 30.8 Å². The number of nitrogens with zero attached hydrogens (tertiary/aromatic N) is 3. The van der Waals surface area contributed by atoms with Crippen LogP contribution in [0.1, 0.15) is 17.5 Å². The molecule has 1 saturated heterocycles. The largest absolute Gasteiger partial charge is 0.462 e. The van der Waals surface area contributed by atoms with Crippen molar-refractivity contribution in [2.24, 2.45) is 0 Å². The molecule has 4 amide bonds. The molecule has 1 aromatic heterocycles. The maximum atomic E-state index is 12.8. The van der Waals surface area contributed by atoms with Gasteiger partial charge in [-0.2, -0.15) is 0 Å². The minimum absolute atomic E-state index is 0.00474. The Balaban J connectivity index is 1.26. The first-order chi connectivity index (χ1) is 18.7. The number of halogens is 2. The SMILES string of the molecule is CN(C(=O)OCc1cc(Cl)cc(Cl)c1)c1coc2ccc(C3=CCN(C(=O)ON4C(=O)CSC4=O)CC3)cc12. The predicted octanol–water partition coefficient (Wildman–Crippen LogP) is 6.35. The molecule has 39 heavy (non-hydrogen) atoms. The van der Waals surface area contributed by atoms with Crippen LogP contribution < -0.4 is 4.90 Å². The number of hydrogen-bond donors (Lipinski definition) is 0. The Bertz CT molecular complexity index is 1490. The van der Waals surface area contributed by atoms with Crippen LogP contribution in [0.15, 0.2) is 53.2 Å². The highest BCUT2D eigenvalue weighted by atomic mass is 35.5. The van der Waals surface area contributed by atoms with Gasteiger partial charge in [-0.25, -0.2) is 9.59 Å². The zero-order valence-corrected chi connectivity index (χ0v) is 22.8. The van der Waals surface area contributed by atoms with Gasteiger partial charge in [0.1, 0.15) is 18.5 Å². The molecule has 0 radical (unpaired) electrons. The normalized spacial score (nSPS) is 15.5. The van der Waals surface area contributed by atoms with Gasteiger partial charge in [-0.15, -0.1) is 0 Å². The highest BCUT2D eigenvalue weighted by Crippen LogP contribution is 2.33. The molecule has 3 heterocycles. The molecule has 0 aliphatic carbocycles. The minimum Gasteiger partial charge on any atom is -0.462 e. The van der Waals surface area contributed by atoms with Gasteiger partial charge in [0.15, 0.2) is 0 Å². The maximum absolute atomic E-state index is 12.8. The molecule has 3 aromatic rings. The number of anilines is 1. The number of rotatable bonds is 5. The molecule has 0 N–H and O–H groups in total. The first-order valence-corrected chi connectivity index (χ1v) is 13.5. The Morgan fingerprint density at radius 1 is 1.13 bits per heavy atom. The van der Waals surface area contributed by atoms with Crippen molar-refractivity contribution in [3.05, 3.63) is 69.9 Å². The lowest BCUT2D eigenvalue weighted by Crippen LogP contribution is -2.41. The molecule has 2 aliphatic heterocycles. The third kappa shape index (κ3) is 5.85. The van der Waals surface area contributed by atoms with Crippen molar-refractivity contribution in [3.8, 4) is 0 Å². The topological polar surface area (TPSA) is 110 Å². The van der Waals surface area contributed by atoms with Crippen molar-refractivity contribution in [2.45, 2.75) is 13.0 Å². The summed E-state index contributed by atoms with van der Waals surface area (Å²) in [7, 11) is 1.59. The van der Waals surface area contributed by atoms with E-state index in [1.807, 2.05) is 24.3 Å². The number of hydroxylamine groups is 2. The van der Waals surface area contributed by atoms with Crippen LogP contribution in [-0.2, 0) is 21.0 Å². The van der Waals surface area contributed by atoms with E-state index in [-0.39, 0.29) is 18.9 Å². The van der Waals surface area contributed by atoms with Crippen LogP contribution in [0.5, 0.6) is 0 Å². The Labute approximate surface area is 236 Å². The lowest BCUT2D eigenvalue weighted by Gasteiger charge is -2.26. The minimum atomic E-state index is -0.762. The molecule has 0 spiro atoms. The molecular weight excluding hydrogens is 569 g/mol. The summed E-state index contributed by atoms with van der Waals surface area (Å²) in [5, 5.41) is 1.51. The predicted molar refractivity (Wildman–Crippen MR) is 147 cm³/mol. The Morgan fingerprint density at radius 2 is 1.90 bits per heavy atom. The van der Waals surface area contributed by atoms with E-state index in [4.69, 9.17) is 37.2 Å². The second kappa shape index (κ2) is 11.2. The van der Waals surface area contributed by atoms with Crippen LogP contribution >= 0.6 is 35.0 Å². The van der Waals surface area contributed by atoms with E-state index in [9.17, 15) is 19.2 Å². The molecule has 0 atom stereocenters. The van der Waals surface area contributed by atoms with Gasteiger partial charge in [-0.3, -0.25) is 14.5 Å². The molecule has 0 saturated carbocycles. The number of furan rings is 1. The van der Waals surface area contributed by atoms with Gasteiger partial charge < -0.3 is 18.9 Å². The summed E-state index contributed by atoms with van der Waals surface area (Å²) < 4.78 is 11.1. The summed E-state index contributed by atoms with van der Waals surface area (Å²) in [5.41, 5.74) is 3.66. The molecule has 0 unspecified atom stereocenters. The number of amides is 4. The fraction of sp³-hybridized carbons (Fsp3) is 0.231. The number of carbonyl (C=O) groups excluding carboxylic acids is 4. The lowest BCUT2D eigenvalue weighted by molar-refractivity contribution is -0.149. The molecule has 1 fully saturated rings. The van der Waals surface area contributed by atoms with Crippen molar-refractivity contribution >= 4 is 80.5 Å². The zero-order chi connectivity index (χ0) is 27.7. The fourth-order valence-corrected chi connectivity index (χ4v) is 5.37. The smallest absolute Gasteiger partial charge is 0.435 e. The van der Waals surface area contributed by atoms with Gasteiger partial charge in [-0.05, 0) is 53.5 Å². The molecular formula is C26H21Cl2N3O7S. The van der Waals surface area contributed by atoms with Crippen molar-refractivity contribution in [1.29, 1.82) is 0 Å². The molecule has 10 nitrogen and oxygen atoms in total. The first kappa shape index (κ1) is 26.9. The van der Waals surface area contributed by atoms with Gasteiger partial charge >= 0.3 is 17.4 Å². The number of benzene rings is 2. The molecule has 13 heteroatoms. The van der Waals surface area contributed by atoms with Crippen LogP contribution in [0.4, 0.5) is 20.1 Å². The highest BCUT2D eigenvalue weighted by Gasteiger charge is 2.35. The summed E-state index contributed by atoms with van der Waals surface area (Å²) in [6, 6.07) is 10.6. The maximum Gasteiger partial charge on any atom is 0.435 e. The molecule has 2 aliphatic rings. The second-order valence-electron chi connectivity index (χ2n) is 8.75. The molecule has 5 rings (SSSR count). The third-order valence-corrected chi connectivity index (χ3v) is 7.43. The Morgan fingerprint density at radius 3 is 2.56 bits per heavy atom. The van der Waals surface area contributed by atoms with E-state index in [2.05, 4.69) is 0 Å². The third-order valence-electron chi connectivity index (χ3n) is 6.19. The highest BCUT2D eigenvalue weighted by molar-refractivity contribution is 8.14. The van der Waals surface area contributed by atoms with E-state index in [1.54, 1.807) is 25.2 Å². The summed E-state index contributed by atoms with van der Waals surface area (Å²) in [5.74, 6) is -0.600. The van der Waals surface area contributed by atoms with Gasteiger partial charge in [0.2, 0.25) is 0 Å². The molecule has 202 valence electrons. The lowest BCUT2D eigenvalue weighted by atomic mass is 9.98. The standard InChI is InChI=1S/C26H21Cl2N3O7S/c1-29(24(33)37-12-15-8-18(27)11-19(28)9-15)21-13-36-22-3-2-17(10-20(21)22)16-4-6-30(7-5-16)25(34)38-31-23(32)14-39-26(31)35/h2-4,8-11,13H,5-7,12,14H2,1H3. The monoisotopic (exact) mass is 589 g/mol. The second-order valence-corrected chi connectivity index (χ2v) is 10.5. The van der Waals surface area contributed by atoms with E-state index >= 15 is 0 Å². The van der Waals surface area contributed by atoms with E-state index in [0.717, 1.165) is 22.9 Å². The molecule has 0 bridgehead atoms. The van der Waals surface area contributed by atoms with Crippen LogP contribution in [0, 0.1) is 0 Å². The van der Waals surface area contributed by atoms with E-state index < -0.39 is 23.3 Å². The van der Waals surface area contributed by atoms with Crippen molar-refractivity contribution in [1.82, 2.24) is 9.96 Å². The van der Waals surface area contributed by atoms with E-state index in [1.165, 1.54) is 16.1 Å². The quantitative estimate of drug-likeness (QED) is 0.338. The summed E-state index contributed by atoms with van der Waals surface area (Å²) in [6.07, 6.45) is 2.53. The average Bonchev–Trinajstić information content (AvgIpc) is 3.48. The van der Waals surface area contributed by atoms with Crippen LogP contribution in [0.25, 0.3) is 16.5 Å². The van der Waals surface area contributed by atoms with Crippen molar-refractivity contribution in [3.63, 3.8) is 0 Å². The summed E-state index contributed by atoms with van der Waals surface area (Å²) in [4.78, 5) is 56.3. The van der Waals surface area contributed by atoms with Crippen LogP contribution in [-0.4, -0.2) is 59.2 Å². The zero-order valence-electron chi connectivity index (χ0n) is 20.5. The number of thioether (sulfide) groups is 1. The van der Waals surface area contributed by atoms with Crippen LogP contribution in [0.3, 0.4) is 0 Å². The summed E-state index contributed by atoms with van der Waals surface area (Å²) >= 11 is 12.8. The van der Waals surface area contributed by atoms with Gasteiger partial charge in [-0.1, -0.05) is 52.2 Å². The number of ether oxygens (including phenoxy) is 1.